The molecule has 0 N–H and O–H groups in total. The van der Waals surface area contributed by atoms with E-state index in [1.54, 1.807) is 11.3 Å². The number of hydrogen-bond donors (Lipinski definition) is 0. The molecule has 1 heterocycles. The number of aryl methyl sites for hydroxylation is 1. The first-order valence-electron chi connectivity index (χ1n) is 4.72. The number of halogens is 3. The van der Waals surface area contributed by atoms with Crippen LogP contribution in [-0.4, -0.2) is 0 Å². The average Bonchev–Trinajstić information content (AvgIpc) is 2.67. The molecule has 0 aliphatic heterocycles. The van der Waals surface area contributed by atoms with Crippen molar-refractivity contribution in [2.45, 2.75) is 11.8 Å². The Balaban J connectivity index is 2.45. The minimum atomic E-state index is 0.233. The lowest BCUT2D eigenvalue weighted by molar-refractivity contribution is 1.18. The van der Waals surface area contributed by atoms with Crippen LogP contribution in [-0.2, 0) is 0 Å². The standard InChI is InChI=1S/C12H9Br3S/c1-7-2-3-9(13)8(6-7)11(15)12-10(14)4-5-16-12/h2-6,11H,1H3. The summed E-state index contributed by atoms with van der Waals surface area (Å²) in [6.07, 6.45) is 0. The van der Waals surface area contributed by atoms with Crippen LogP contribution in [0.5, 0.6) is 0 Å². The lowest BCUT2D eigenvalue weighted by atomic mass is 10.1. The van der Waals surface area contributed by atoms with Crippen LogP contribution < -0.4 is 0 Å². The Labute approximate surface area is 124 Å². The van der Waals surface area contributed by atoms with Crippen LogP contribution in [0.25, 0.3) is 0 Å². The molecule has 0 nitrogen and oxygen atoms in total. The molecule has 1 aromatic carbocycles. The van der Waals surface area contributed by atoms with E-state index in [9.17, 15) is 0 Å². The molecule has 0 amide bonds. The predicted molar refractivity (Wildman–Crippen MR) is 81.7 cm³/mol. The first kappa shape index (κ1) is 12.8. The summed E-state index contributed by atoms with van der Waals surface area (Å²) in [5, 5.41) is 2.09. The number of benzene rings is 1. The van der Waals surface area contributed by atoms with Gasteiger partial charge in [-0.05, 0) is 45.9 Å². The Bertz CT molecular complexity index is 505. The third-order valence-electron chi connectivity index (χ3n) is 2.30. The van der Waals surface area contributed by atoms with E-state index in [2.05, 4.69) is 84.4 Å². The maximum Gasteiger partial charge on any atom is 0.0760 e. The van der Waals surface area contributed by atoms with Crippen molar-refractivity contribution >= 4 is 59.1 Å². The van der Waals surface area contributed by atoms with Gasteiger partial charge in [0.25, 0.3) is 0 Å². The molecule has 1 aromatic heterocycles. The van der Waals surface area contributed by atoms with Crippen LogP contribution in [0.1, 0.15) is 20.8 Å². The molecular weight excluding hydrogens is 416 g/mol. The third-order valence-corrected chi connectivity index (χ3v) is 6.21. The minimum Gasteiger partial charge on any atom is -0.146 e. The fourth-order valence-corrected chi connectivity index (χ4v) is 5.12. The average molecular weight is 425 g/mol. The summed E-state index contributed by atoms with van der Waals surface area (Å²) in [6, 6.07) is 8.49. The van der Waals surface area contributed by atoms with Crippen LogP contribution >= 0.6 is 59.1 Å². The molecule has 0 radical (unpaired) electrons. The zero-order valence-electron chi connectivity index (χ0n) is 8.51. The van der Waals surface area contributed by atoms with Gasteiger partial charge in [-0.3, -0.25) is 0 Å². The highest BCUT2D eigenvalue weighted by Gasteiger charge is 2.17. The summed E-state index contributed by atoms with van der Waals surface area (Å²) in [5.41, 5.74) is 2.54. The highest BCUT2D eigenvalue weighted by atomic mass is 79.9. The first-order chi connectivity index (χ1) is 7.59. The molecule has 0 fully saturated rings. The predicted octanol–water partition coefficient (Wildman–Crippen LogP) is 6.07. The highest BCUT2D eigenvalue weighted by Crippen LogP contribution is 2.41. The fourth-order valence-electron chi connectivity index (χ4n) is 1.48. The maximum absolute atomic E-state index is 3.76. The molecule has 0 bridgehead atoms. The van der Waals surface area contributed by atoms with E-state index in [-0.39, 0.29) is 4.83 Å². The molecule has 4 heteroatoms. The van der Waals surface area contributed by atoms with Crippen molar-refractivity contribution in [2.24, 2.45) is 0 Å². The second-order valence-electron chi connectivity index (χ2n) is 3.52. The van der Waals surface area contributed by atoms with E-state index >= 15 is 0 Å². The molecule has 0 aliphatic carbocycles. The van der Waals surface area contributed by atoms with E-state index in [1.165, 1.54) is 16.0 Å². The highest BCUT2D eigenvalue weighted by molar-refractivity contribution is 9.11. The SMILES string of the molecule is Cc1ccc(Br)c(C(Br)c2sccc2Br)c1. The quantitative estimate of drug-likeness (QED) is 0.513. The van der Waals surface area contributed by atoms with Gasteiger partial charge >= 0.3 is 0 Å². The fraction of sp³-hybridized carbons (Fsp3) is 0.167. The Hall–Kier alpha value is 0.360. The van der Waals surface area contributed by atoms with Gasteiger partial charge in [-0.1, -0.05) is 49.6 Å². The Morgan fingerprint density at radius 2 is 1.88 bits per heavy atom. The minimum absolute atomic E-state index is 0.233. The molecule has 16 heavy (non-hydrogen) atoms. The Morgan fingerprint density at radius 1 is 1.12 bits per heavy atom. The van der Waals surface area contributed by atoms with Gasteiger partial charge < -0.3 is 0 Å². The second-order valence-corrected chi connectivity index (χ2v) is 7.09. The summed E-state index contributed by atoms with van der Waals surface area (Å²) in [5.74, 6) is 0. The van der Waals surface area contributed by atoms with Gasteiger partial charge in [0.1, 0.15) is 0 Å². The van der Waals surface area contributed by atoms with Gasteiger partial charge in [-0.2, -0.15) is 0 Å². The molecule has 0 spiro atoms. The van der Waals surface area contributed by atoms with E-state index in [4.69, 9.17) is 0 Å². The molecule has 0 aliphatic rings. The number of thiophene rings is 1. The Kier molecular flexibility index (Phi) is 4.27. The number of hydrogen-bond acceptors (Lipinski definition) is 1. The van der Waals surface area contributed by atoms with E-state index < -0.39 is 0 Å². The molecule has 1 atom stereocenters. The van der Waals surface area contributed by atoms with Gasteiger partial charge in [0.2, 0.25) is 0 Å². The summed E-state index contributed by atoms with van der Waals surface area (Å²) in [4.78, 5) is 1.53. The van der Waals surface area contributed by atoms with Crippen LogP contribution in [0.15, 0.2) is 38.6 Å². The monoisotopic (exact) mass is 422 g/mol. The first-order valence-corrected chi connectivity index (χ1v) is 8.10. The molecule has 0 saturated heterocycles. The normalized spacial score (nSPS) is 12.8. The van der Waals surface area contributed by atoms with Crippen molar-refractivity contribution in [1.29, 1.82) is 0 Å². The number of rotatable bonds is 2. The van der Waals surface area contributed by atoms with Crippen molar-refractivity contribution in [3.05, 3.63) is 54.6 Å². The van der Waals surface area contributed by atoms with Crippen LogP contribution in [0.2, 0.25) is 0 Å². The largest absolute Gasteiger partial charge is 0.146 e. The van der Waals surface area contributed by atoms with E-state index in [0.717, 1.165) is 8.95 Å². The molecule has 0 saturated carbocycles. The summed E-state index contributed by atoms with van der Waals surface area (Å²) in [7, 11) is 0. The molecule has 2 aromatic rings. The topological polar surface area (TPSA) is 0 Å². The summed E-state index contributed by atoms with van der Waals surface area (Å²) >= 11 is 12.7. The van der Waals surface area contributed by atoms with Crippen molar-refractivity contribution in [3.63, 3.8) is 0 Å². The second kappa shape index (κ2) is 5.34. The third kappa shape index (κ3) is 2.61. The summed E-state index contributed by atoms with van der Waals surface area (Å²) < 4.78 is 2.30. The molecular formula is C12H9Br3S. The Morgan fingerprint density at radius 3 is 2.50 bits per heavy atom. The van der Waals surface area contributed by atoms with Crippen molar-refractivity contribution in [1.82, 2.24) is 0 Å². The van der Waals surface area contributed by atoms with Crippen molar-refractivity contribution in [3.8, 4) is 0 Å². The molecule has 84 valence electrons. The lowest BCUT2D eigenvalue weighted by Crippen LogP contribution is -1.93. The van der Waals surface area contributed by atoms with Crippen LogP contribution in [0.3, 0.4) is 0 Å². The van der Waals surface area contributed by atoms with E-state index in [1.807, 2.05) is 0 Å². The van der Waals surface area contributed by atoms with Gasteiger partial charge in [0.15, 0.2) is 0 Å². The van der Waals surface area contributed by atoms with Gasteiger partial charge in [0, 0.05) is 13.8 Å². The zero-order chi connectivity index (χ0) is 11.7. The van der Waals surface area contributed by atoms with Gasteiger partial charge in [0.05, 0.1) is 4.83 Å². The summed E-state index contributed by atoms with van der Waals surface area (Å²) in [6.45, 7) is 2.11. The number of alkyl halides is 1. The van der Waals surface area contributed by atoms with Gasteiger partial charge in [-0.15, -0.1) is 11.3 Å². The maximum atomic E-state index is 3.76. The van der Waals surface area contributed by atoms with E-state index in [0.29, 0.717) is 0 Å². The smallest absolute Gasteiger partial charge is 0.0760 e. The van der Waals surface area contributed by atoms with Crippen LogP contribution in [0, 0.1) is 6.92 Å². The molecule has 1 unspecified atom stereocenters. The van der Waals surface area contributed by atoms with Crippen molar-refractivity contribution < 1.29 is 0 Å². The molecule has 2 rings (SSSR count). The zero-order valence-corrected chi connectivity index (χ0v) is 14.1. The van der Waals surface area contributed by atoms with Crippen LogP contribution in [0.4, 0.5) is 0 Å². The van der Waals surface area contributed by atoms with Gasteiger partial charge in [-0.25, -0.2) is 0 Å². The lowest BCUT2D eigenvalue weighted by Gasteiger charge is -2.12. The van der Waals surface area contributed by atoms with Crippen molar-refractivity contribution in [2.75, 3.05) is 0 Å².